The molecule has 1 N–H and O–H groups in total. The first-order chi connectivity index (χ1) is 8.69. The summed E-state index contributed by atoms with van der Waals surface area (Å²) in [5.41, 5.74) is -0.0477. The molecule has 2 aromatic rings. The van der Waals surface area contributed by atoms with Crippen molar-refractivity contribution < 1.29 is 14.6 Å². The first-order valence-corrected chi connectivity index (χ1v) is 5.59. The molecule has 94 valence electrons. The summed E-state index contributed by atoms with van der Waals surface area (Å²) in [6.45, 7) is 2.87. The second kappa shape index (κ2) is 5.31. The molecule has 0 aromatic carbocycles. The van der Waals surface area contributed by atoms with Gasteiger partial charge in [0.2, 0.25) is 5.88 Å². The largest absolute Gasteiger partial charge is 0.477 e. The maximum absolute atomic E-state index is 10.8. The Labute approximate surface area is 104 Å². The number of carboxylic acid groups (broad SMARTS) is 1. The molecule has 2 rings (SSSR count). The van der Waals surface area contributed by atoms with E-state index < -0.39 is 5.97 Å². The number of aromatic carboxylic acids is 1. The predicted molar refractivity (Wildman–Crippen MR) is 63.8 cm³/mol. The Morgan fingerprint density at radius 1 is 1.50 bits per heavy atom. The summed E-state index contributed by atoms with van der Waals surface area (Å²) in [7, 11) is 0. The number of carboxylic acids is 1. The molecule has 0 aliphatic carbocycles. The van der Waals surface area contributed by atoms with Crippen LogP contribution in [0.2, 0.25) is 0 Å². The number of carbonyl (C=O) groups is 1. The highest BCUT2D eigenvalue weighted by Crippen LogP contribution is 2.18. The zero-order chi connectivity index (χ0) is 13.0. The second-order valence-electron chi connectivity index (χ2n) is 3.71. The van der Waals surface area contributed by atoms with Gasteiger partial charge in [-0.05, 0) is 12.5 Å². The quantitative estimate of drug-likeness (QED) is 0.876. The van der Waals surface area contributed by atoms with E-state index in [1.807, 2.05) is 0 Å². The van der Waals surface area contributed by atoms with Crippen LogP contribution in [0.4, 0.5) is 0 Å². The van der Waals surface area contributed by atoms with Gasteiger partial charge in [0.1, 0.15) is 0 Å². The SMILES string of the molecule is CCCn1cc(Oc2cccc(C(=O)O)n2)cn1. The molecule has 2 heterocycles. The van der Waals surface area contributed by atoms with Gasteiger partial charge < -0.3 is 9.84 Å². The van der Waals surface area contributed by atoms with Crippen LogP contribution in [0, 0.1) is 0 Å². The van der Waals surface area contributed by atoms with Gasteiger partial charge in [-0.15, -0.1) is 0 Å². The van der Waals surface area contributed by atoms with Gasteiger partial charge in [0.05, 0.1) is 12.4 Å². The maximum atomic E-state index is 10.8. The average Bonchev–Trinajstić information content (AvgIpc) is 2.77. The number of aromatic nitrogens is 3. The number of hydrogen-bond acceptors (Lipinski definition) is 4. The first-order valence-electron chi connectivity index (χ1n) is 5.59. The Morgan fingerprint density at radius 3 is 3.06 bits per heavy atom. The van der Waals surface area contributed by atoms with Crippen LogP contribution in [-0.2, 0) is 6.54 Å². The van der Waals surface area contributed by atoms with Crippen molar-refractivity contribution in [3.05, 3.63) is 36.3 Å². The molecule has 6 nitrogen and oxygen atoms in total. The summed E-state index contributed by atoms with van der Waals surface area (Å²) in [6, 6.07) is 4.60. The topological polar surface area (TPSA) is 77.2 Å². The lowest BCUT2D eigenvalue weighted by Gasteiger charge is -2.02. The summed E-state index contributed by atoms with van der Waals surface area (Å²) >= 11 is 0. The van der Waals surface area contributed by atoms with E-state index in [1.54, 1.807) is 29.2 Å². The minimum absolute atomic E-state index is 0.0477. The van der Waals surface area contributed by atoms with Crippen molar-refractivity contribution in [3.8, 4) is 11.6 Å². The summed E-state index contributed by atoms with van der Waals surface area (Å²) in [4.78, 5) is 14.6. The van der Waals surface area contributed by atoms with Crippen LogP contribution >= 0.6 is 0 Å². The molecule has 6 heteroatoms. The summed E-state index contributed by atoms with van der Waals surface area (Å²) in [6.07, 6.45) is 4.30. The standard InChI is InChI=1S/C12H13N3O3/c1-2-6-15-8-9(7-13-15)18-11-5-3-4-10(14-11)12(16)17/h3-5,7-8H,2,6H2,1H3,(H,16,17). The molecule has 0 saturated heterocycles. The van der Waals surface area contributed by atoms with E-state index in [9.17, 15) is 4.79 Å². The van der Waals surface area contributed by atoms with Crippen LogP contribution in [0.5, 0.6) is 11.6 Å². The van der Waals surface area contributed by atoms with Crippen molar-refractivity contribution in [1.29, 1.82) is 0 Å². The van der Waals surface area contributed by atoms with Crippen molar-refractivity contribution in [2.75, 3.05) is 0 Å². The predicted octanol–water partition coefficient (Wildman–Crippen LogP) is 2.18. The van der Waals surface area contributed by atoms with Crippen molar-refractivity contribution in [2.45, 2.75) is 19.9 Å². The second-order valence-corrected chi connectivity index (χ2v) is 3.71. The third-order valence-electron chi connectivity index (χ3n) is 2.23. The summed E-state index contributed by atoms with van der Waals surface area (Å²) in [5.74, 6) is -0.299. The van der Waals surface area contributed by atoms with Gasteiger partial charge in [-0.2, -0.15) is 5.10 Å². The number of nitrogens with zero attached hydrogens (tertiary/aromatic N) is 3. The fourth-order valence-electron chi connectivity index (χ4n) is 1.46. The molecule has 0 fully saturated rings. The normalized spacial score (nSPS) is 10.3. The van der Waals surface area contributed by atoms with Gasteiger partial charge in [0.25, 0.3) is 0 Å². The van der Waals surface area contributed by atoms with E-state index in [4.69, 9.17) is 9.84 Å². The van der Waals surface area contributed by atoms with E-state index in [1.165, 1.54) is 6.07 Å². The molecule has 0 radical (unpaired) electrons. The van der Waals surface area contributed by atoms with Crippen LogP contribution in [0.25, 0.3) is 0 Å². The molecule has 0 atom stereocenters. The van der Waals surface area contributed by atoms with Crippen molar-refractivity contribution in [3.63, 3.8) is 0 Å². The highest BCUT2D eigenvalue weighted by atomic mass is 16.5. The highest BCUT2D eigenvalue weighted by Gasteiger charge is 2.07. The van der Waals surface area contributed by atoms with Crippen molar-refractivity contribution in [1.82, 2.24) is 14.8 Å². The molecule has 0 unspecified atom stereocenters. The number of hydrogen-bond donors (Lipinski definition) is 1. The number of ether oxygens (including phenoxy) is 1. The fourth-order valence-corrected chi connectivity index (χ4v) is 1.46. The molecule has 0 saturated carbocycles. The number of rotatable bonds is 5. The molecular weight excluding hydrogens is 234 g/mol. The van der Waals surface area contributed by atoms with E-state index in [2.05, 4.69) is 17.0 Å². The van der Waals surface area contributed by atoms with Crippen molar-refractivity contribution in [2.24, 2.45) is 0 Å². The number of aryl methyl sites for hydroxylation is 1. The van der Waals surface area contributed by atoms with Crippen LogP contribution in [0.15, 0.2) is 30.6 Å². The van der Waals surface area contributed by atoms with Crippen LogP contribution in [0.3, 0.4) is 0 Å². The monoisotopic (exact) mass is 247 g/mol. The van der Waals surface area contributed by atoms with E-state index in [0.717, 1.165) is 13.0 Å². The Balaban J connectivity index is 2.12. The van der Waals surface area contributed by atoms with Crippen LogP contribution < -0.4 is 4.74 Å². The molecule has 0 amide bonds. The average molecular weight is 247 g/mol. The zero-order valence-electron chi connectivity index (χ0n) is 9.91. The number of pyridine rings is 1. The van der Waals surface area contributed by atoms with Crippen LogP contribution in [0.1, 0.15) is 23.8 Å². The zero-order valence-corrected chi connectivity index (χ0v) is 9.91. The van der Waals surface area contributed by atoms with Gasteiger partial charge in [0.15, 0.2) is 11.4 Å². The van der Waals surface area contributed by atoms with Gasteiger partial charge in [-0.3, -0.25) is 4.68 Å². The lowest BCUT2D eigenvalue weighted by molar-refractivity contribution is 0.0689. The lowest BCUT2D eigenvalue weighted by Crippen LogP contribution is -2.00. The summed E-state index contributed by atoms with van der Waals surface area (Å²) in [5, 5.41) is 12.9. The van der Waals surface area contributed by atoms with E-state index >= 15 is 0 Å². The van der Waals surface area contributed by atoms with Gasteiger partial charge >= 0.3 is 5.97 Å². The smallest absolute Gasteiger partial charge is 0.354 e. The third kappa shape index (κ3) is 2.85. The van der Waals surface area contributed by atoms with E-state index in [0.29, 0.717) is 5.75 Å². The molecule has 0 bridgehead atoms. The molecular formula is C12H13N3O3. The van der Waals surface area contributed by atoms with Gasteiger partial charge in [-0.1, -0.05) is 13.0 Å². The lowest BCUT2D eigenvalue weighted by atomic mass is 10.3. The van der Waals surface area contributed by atoms with Gasteiger partial charge in [-0.25, -0.2) is 9.78 Å². The minimum Gasteiger partial charge on any atom is -0.477 e. The Bertz CT molecular complexity index is 551. The van der Waals surface area contributed by atoms with Crippen LogP contribution in [-0.4, -0.2) is 25.8 Å². The Hall–Kier alpha value is -2.37. The Morgan fingerprint density at radius 2 is 2.33 bits per heavy atom. The fraction of sp³-hybridized carbons (Fsp3) is 0.250. The minimum atomic E-state index is -1.08. The van der Waals surface area contributed by atoms with E-state index in [-0.39, 0.29) is 11.6 Å². The molecule has 2 aromatic heterocycles. The summed E-state index contributed by atoms with van der Waals surface area (Å²) < 4.78 is 7.20. The van der Waals surface area contributed by atoms with Crippen molar-refractivity contribution >= 4 is 5.97 Å². The maximum Gasteiger partial charge on any atom is 0.354 e. The van der Waals surface area contributed by atoms with Gasteiger partial charge in [0, 0.05) is 12.6 Å². The molecule has 0 aliphatic rings. The first kappa shape index (κ1) is 12.1. The highest BCUT2D eigenvalue weighted by molar-refractivity contribution is 5.85. The molecule has 0 spiro atoms. The molecule has 0 aliphatic heterocycles. The third-order valence-corrected chi connectivity index (χ3v) is 2.23. The Kier molecular flexibility index (Phi) is 3.57. The molecule has 18 heavy (non-hydrogen) atoms.